The van der Waals surface area contributed by atoms with Crippen molar-refractivity contribution in [1.29, 1.82) is 0 Å². The minimum absolute atomic E-state index is 0.0705. The van der Waals surface area contributed by atoms with Crippen molar-refractivity contribution in [3.8, 4) is 0 Å². The minimum Gasteiger partial charge on any atom is -0.385 e. The van der Waals surface area contributed by atoms with E-state index in [0.717, 1.165) is 12.8 Å². The summed E-state index contributed by atoms with van der Waals surface area (Å²) in [7, 11) is 3.34. The lowest BCUT2D eigenvalue weighted by Gasteiger charge is -2.29. The maximum Gasteiger partial charge on any atom is 0.273 e. The van der Waals surface area contributed by atoms with Crippen LogP contribution in [-0.4, -0.2) is 162 Å². The zero-order valence-corrected chi connectivity index (χ0v) is 39.1. The van der Waals surface area contributed by atoms with E-state index in [-0.39, 0.29) is 98.3 Å². The Bertz CT molecular complexity index is 1370. The SMILES string of the molecule is COCCC(C)(C)OCCC(C)(C)OCCOCCC(=O)NCCNC(=O)c1nc(N)c(C(=O)NCCNC(=O)CCOCCOC(C)(C)CCOC(C)(C)CCOC)nc1N. The quantitative estimate of drug-likeness (QED) is 0.0528. The van der Waals surface area contributed by atoms with Crippen molar-refractivity contribution in [3.05, 3.63) is 11.4 Å². The molecule has 0 aliphatic carbocycles. The molecule has 20 nitrogen and oxygen atoms in total. The average Bonchev–Trinajstić information content (AvgIpc) is 3.19. The van der Waals surface area contributed by atoms with Crippen LogP contribution in [0.1, 0.15) is 115 Å². The fraction of sp³-hybridized carbons (Fsp3) is 0.810. The number of hydrogen-bond donors (Lipinski definition) is 6. The molecular formula is C42H78N8O12. The van der Waals surface area contributed by atoms with Crippen molar-refractivity contribution in [3.63, 3.8) is 0 Å². The van der Waals surface area contributed by atoms with Crippen LogP contribution < -0.4 is 32.7 Å². The molecule has 0 radical (unpaired) electrons. The van der Waals surface area contributed by atoms with Crippen LogP contribution >= 0.6 is 0 Å². The zero-order valence-electron chi connectivity index (χ0n) is 39.1. The Labute approximate surface area is 368 Å². The predicted octanol–water partition coefficient (Wildman–Crippen LogP) is 2.18. The molecule has 0 aliphatic rings. The highest BCUT2D eigenvalue weighted by molar-refractivity contribution is 6.00. The number of carbonyl (C=O) groups excluding carboxylic acids is 4. The van der Waals surface area contributed by atoms with E-state index in [1.54, 1.807) is 14.2 Å². The molecule has 0 saturated carbocycles. The van der Waals surface area contributed by atoms with Crippen molar-refractivity contribution in [2.75, 3.05) is 118 Å². The molecule has 1 rings (SSSR count). The number of carbonyl (C=O) groups is 4. The summed E-state index contributed by atoms with van der Waals surface area (Å²) in [4.78, 5) is 57.7. The molecule has 0 saturated heterocycles. The van der Waals surface area contributed by atoms with Gasteiger partial charge in [0.05, 0.1) is 75.3 Å². The Hall–Kier alpha value is -3.76. The Morgan fingerprint density at radius 3 is 1.10 bits per heavy atom. The molecule has 0 spiro atoms. The number of nitrogens with one attached hydrogen (secondary N) is 4. The van der Waals surface area contributed by atoms with Crippen molar-refractivity contribution in [1.82, 2.24) is 31.2 Å². The lowest BCUT2D eigenvalue weighted by Crippen LogP contribution is -2.37. The van der Waals surface area contributed by atoms with Gasteiger partial charge in [-0.1, -0.05) is 0 Å². The van der Waals surface area contributed by atoms with E-state index in [4.69, 9.17) is 49.4 Å². The lowest BCUT2D eigenvalue weighted by atomic mass is 10.0. The monoisotopic (exact) mass is 887 g/mol. The lowest BCUT2D eigenvalue weighted by molar-refractivity contribution is -0.123. The summed E-state index contributed by atoms with van der Waals surface area (Å²) in [6, 6.07) is 0. The van der Waals surface area contributed by atoms with Crippen LogP contribution in [0.4, 0.5) is 11.6 Å². The standard InChI is InChI=1S/C42H78N8O12/c1-39(2,13-23-55-9)59-25-15-41(5,6)61-29-27-57-21-11-31(51)45-17-19-47-37(53)33-35(43)50-34(36(44)49-33)38(54)48-20-18-46-32(52)12-22-58-28-30-62-42(7,8)16-26-60-40(3,4)14-24-56-10/h11-30H2,1-10H3,(H2,44,49)(H2,43,50)(H,45,51)(H,46,52)(H,47,53)(H,48,54). The van der Waals surface area contributed by atoms with Crippen molar-refractivity contribution in [2.45, 2.75) is 116 Å². The van der Waals surface area contributed by atoms with Gasteiger partial charge in [-0.05, 0) is 81.1 Å². The number of rotatable bonds is 36. The number of hydrogen-bond acceptors (Lipinski definition) is 16. The molecule has 0 aromatic carbocycles. The molecule has 0 unspecified atom stereocenters. The molecule has 1 heterocycles. The van der Waals surface area contributed by atoms with Gasteiger partial charge >= 0.3 is 0 Å². The molecule has 1 aromatic heterocycles. The summed E-state index contributed by atoms with van der Waals surface area (Å²) in [6.07, 6.45) is 3.29. The normalized spacial score (nSPS) is 12.3. The first-order valence-corrected chi connectivity index (χ1v) is 21.3. The molecule has 0 atom stereocenters. The van der Waals surface area contributed by atoms with Gasteiger partial charge in [0.1, 0.15) is 0 Å². The maximum atomic E-state index is 12.7. The highest BCUT2D eigenvalue weighted by Gasteiger charge is 2.25. The largest absolute Gasteiger partial charge is 0.385 e. The first-order chi connectivity index (χ1) is 29.1. The van der Waals surface area contributed by atoms with E-state index in [1.165, 1.54) is 0 Å². The number of anilines is 2. The van der Waals surface area contributed by atoms with E-state index in [9.17, 15) is 19.2 Å². The number of aromatic nitrogens is 2. The second-order valence-corrected chi connectivity index (χ2v) is 17.0. The number of amides is 4. The van der Waals surface area contributed by atoms with Crippen LogP contribution in [-0.2, 0) is 47.5 Å². The molecule has 1 aromatic rings. The van der Waals surface area contributed by atoms with Crippen molar-refractivity contribution in [2.24, 2.45) is 0 Å². The number of nitrogen functional groups attached to an aromatic ring is 2. The van der Waals surface area contributed by atoms with Gasteiger partial charge in [0.25, 0.3) is 11.8 Å². The summed E-state index contributed by atoms with van der Waals surface area (Å²) in [6.45, 7) is 20.7. The van der Waals surface area contributed by atoms with Gasteiger partial charge in [-0.15, -0.1) is 0 Å². The number of methoxy groups -OCH3 is 2. The third kappa shape index (κ3) is 26.7. The highest BCUT2D eigenvalue weighted by atomic mass is 16.5. The van der Waals surface area contributed by atoms with Gasteiger partial charge in [-0.25, -0.2) is 9.97 Å². The Kier molecular flexibility index (Phi) is 26.8. The van der Waals surface area contributed by atoms with E-state index in [1.807, 2.05) is 55.4 Å². The third-order valence-corrected chi connectivity index (χ3v) is 9.44. The smallest absolute Gasteiger partial charge is 0.273 e. The number of nitrogens with zero attached hydrogens (tertiary/aromatic N) is 2. The highest BCUT2D eigenvalue weighted by Crippen LogP contribution is 2.21. The van der Waals surface area contributed by atoms with E-state index < -0.39 is 23.0 Å². The first-order valence-electron chi connectivity index (χ1n) is 21.3. The molecule has 4 amide bonds. The van der Waals surface area contributed by atoms with Gasteiger partial charge in [0.15, 0.2) is 23.0 Å². The summed E-state index contributed by atoms with van der Waals surface area (Å²) >= 11 is 0. The molecule has 8 N–H and O–H groups in total. The summed E-state index contributed by atoms with van der Waals surface area (Å²) < 4.78 is 45.2. The van der Waals surface area contributed by atoms with Gasteiger partial charge in [0, 0.05) is 66.5 Å². The first kappa shape index (κ1) is 56.3. The van der Waals surface area contributed by atoms with Crippen LogP contribution in [0.25, 0.3) is 0 Å². The number of ether oxygens (including phenoxy) is 8. The van der Waals surface area contributed by atoms with E-state index in [2.05, 4.69) is 31.2 Å². The van der Waals surface area contributed by atoms with Crippen LogP contribution in [0, 0.1) is 0 Å². The maximum absolute atomic E-state index is 12.7. The molecule has 0 aliphatic heterocycles. The molecular weight excluding hydrogens is 809 g/mol. The fourth-order valence-electron chi connectivity index (χ4n) is 5.31. The van der Waals surface area contributed by atoms with E-state index in [0.29, 0.717) is 65.7 Å². The third-order valence-electron chi connectivity index (χ3n) is 9.44. The summed E-state index contributed by atoms with van der Waals surface area (Å²) in [5.74, 6) is -2.49. The zero-order chi connectivity index (χ0) is 46.7. The minimum atomic E-state index is -0.682. The van der Waals surface area contributed by atoms with Gasteiger partial charge in [-0.2, -0.15) is 0 Å². The van der Waals surface area contributed by atoms with Gasteiger partial charge in [0.2, 0.25) is 11.8 Å². The van der Waals surface area contributed by atoms with Crippen LogP contribution in [0.15, 0.2) is 0 Å². The molecule has 20 heteroatoms. The summed E-state index contributed by atoms with van der Waals surface area (Å²) in [5.41, 5.74) is 9.99. The Morgan fingerprint density at radius 1 is 0.452 bits per heavy atom. The van der Waals surface area contributed by atoms with Gasteiger partial charge in [-0.3, -0.25) is 19.2 Å². The van der Waals surface area contributed by atoms with Crippen LogP contribution in [0.5, 0.6) is 0 Å². The summed E-state index contributed by atoms with van der Waals surface area (Å²) in [5, 5.41) is 10.5. The topological polar surface area (TPSA) is 268 Å². The Balaban J connectivity index is 2.24. The molecule has 62 heavy (non-hydrogen) atoms. The number of nitrogens with two attached hydrogens (primary N) is 2. The van der Waals surface area contributed by atoms with Gasteiger partial charge < -0.3 is 70.6 Å². The predicted molar refractivity (Wildman–Crippen MR) is 235 cm³/mol. The second kappa shape index (κ2) is 29.6. The molecule has 0 bridgehead atoms. The Morgan fingerprint density at radius 2 is 0.758 bits per heavy atom. The average molecular weight is 887 g/mol. The molecule has 0 fully saturated rings. The fourth-order valence-corrected chi connectivity index (χ4v) is 5.31. The van der Waals surface area contributed by atoms with Crippen molar-refractivity contribution < 1.29 is 57.1 Å². The van der Waals surface area contributed by atoms with Crippen molar-refractivity contribution >= 4 is 35.3 Å². The van der Waals surface area contributed by atoms with E-state index >= 15 is 0 Å². The second-order valence-electron chi connectivity index (χ2n) is 17.0. The molecule has 358 valence electrons. The van der Waals surface area contributed by atoms with Crippen LogP contribution in [0.2, 0.25) is 0 Å². The van der Waals surface area contributed by atoms with Crippen LogP contribution in [0.3, 0.4) is 0 Å².